The van der Waals surface area contributed by atoms with Gasteiger partial charge in [0.25, 0.3) is 0 Å². The second-order valence-corrected chi connectivity index (χ2v) is 5.59. The molecule has 0 aromatic carbocycles. The predicted octanol–water partition coefficient (Wildman–Crippen LogP) is 1.61. The second-order valence-electron chi connectivity index (χ2n) is 5.59. The molecule has 0 aliphatic carbocycles. The molecule has 0 aromatic heterocycles. The summed E-state index contributed by atoms with van der Waals surface area (Å²) in [5.74, 6) is -1.03. The van der Waals surface area contributed by atoms with Gasteiger partial charge in [-0.1, -0.05) is 33.6 Å². The van der Waals surface area contributed by atoms with Crippen molar-refractivity contribution in [3.05, 3.63) is 0 Å². The minimum absolute atomic E-state index is 0.0706. The van der Waals surface area contributed by atoms with Gasteiger partial charge in [0.15, 0.2) is 0 Å². The number of aliphatic carboxylic acids is 1. The fraction of sp³-hybridized carbons (Fsp3) is 0.857. The Morgan fingerprint density at radius 2 is 2.05 bits per heavy atom. The van der Waals surface area contributed by atoms with Gasteiger partial charge in [-0.25, -0.2) is 4.79 Å². The van der Waals surface area contributed by atoms with Gasteiger partial charge in [0, 0.05) is 6.54 Å². The van der Waals surface area contributed by atoms with Crippen molar-refractivity contribution < 1.29 is 14.7 Å². The molecule has 1 saturated heterocycles. The van der Waals surface area contributed by atoms with Gasteiger partial charge in [-0.05, 0) is 25.2 Å². The molecule has 110 valence electrons. The first kappa shape index (κ1) is 16.0. The molecule has 3 N–H and O–H groups in total. The molecule has 0 bridgehead atoms. The van der Waals surface area contributed by atoms with Gasteiger partial charge < -0.3 is 15.7 Å². The third-order valence-corrected chi connectivity index (χ3v) is 4.36. The average molecular weight is 270 g/mol. The van der Waals surface area contributed by atoms with Crippen LogP contribution in [0.15, 0.2) is 0 Å². The van der Waals surface area contributed by atoms with E-state index in [0.717, 1.165) is 19.3 Å². The summed E-state index contributed by atoms with van der Waals surface area (Å²) >= 11 is 0. The van der Waals surface area contributed by atoms with Crippen LogP contribution >= 0.6 is 0 Å². The maximum Gasteiger partial charge on any atom is 0.329 e. The minimum atomic E-state index is -1.03. The summed E-state index contributed by atoms with van der Waals surface area (Å²) in [7, 11) is 0. The maximum atomic E-state index is 12.5. The number of likely N-dealkylation sites (tertiary alicyclic amines) is 1. The topological polar surface area (TPSA) is 83.6 Å². The molecule has 5 heteroatoms. The summed E-state index contributed by atoms with van der Waals surface area (Å²) in [6, 6.07) is -0.598. The van der Waals surface area contributed by atoms with Crippen molar-refractivity contribution in [2.75, 3.05) is 6.54 Å². The van der Waals surface area contributed by atoms with Crippen LogP contribution in [0, 0.1) is 5.92 Å². The lowest BCUT2D eigenvalue weighted by atomic mass is 9.89. The fourth-order valence-electron chi connectivity index (χ4n) is 2.88. The maximum absolute atomic E-state index is 12.5. The molecule has 1 heterocycles. The van der Waals surface area contributed by atoms with Gasteiger partial charge >= 0.3 is 5.97 Å². The molecule has 5 nitrogen and oxygen atoms in total. The first-order valence-corrected chi connectivity index (χ1v) is 7.21. The molecule has 19 heavy (non-hydrogen) atoms. The number of carbonyl (C=O) groups excluding carboxylic acids is 1. The molecule has 0 radical (unpaired) electrons. The van der Waals surface area contributed by atoms with Crippen molar-refractivity contribution in [1.29, 1.82) is 0 Å². The largest absolute Gasteiger partial charge is 0.479 e. The van der Waals surface area contributed by atoms with E-state index in [-0.39, 0.29) is 11.8 Å². The molecule has 3 atom stereocenters. The molecule has 1 aliphatic rings. The normalized spacial score (nSPS) is 26.2. The fourth-order valence-corrected chi connectivity index (χ4v) is 2.88. The predicted molar refractivity (Wildman–Crippen MR) is 73.7 cm³/mol. The van der Waals surface area contributed by atoms with Gasteiger partial charge in [-0.15, -0.1) is 0 Å². The standard InChI is InChI=1S/C14H26N2O3/c1-4-7-14(13(18)19)8-6-9-16(14)12(17)11(15)10(3)5-2/h10-11H,4-9,15H2,1-3H3,(H,18,19). The van der Waals surface area contributed by atoms with E-state index in [0.29, 0.717) is 19.4 Å². The highest BCUT2D eigenvalue weighted by Gasteiger charge is 2.50. The zero-order valence-electron chi connectivity index (χ0n) is 12.2. The zero-order chi connectivity index (χ0) is 14.6. The number of rotatable bonds is 6. The van der Waals surface area contributed by atoms with Crippen LogP contribution in [-0.4, -0.2) is 40.0 Å². The Morgan fingerprint density at radius 3 is 2.53 bits per heavy atom. The average Bonchev–Trinajstić information content (AvgIpc) is 2.81. The van der Waals surface area contributed by atoms with Crippen molar-refractivity contribution in [3.63, 3.8) is 0 Å². The van der Waals surface area contributed by atoms with Gasteiger partial charge in [-0.2, -0.15) is 0 Å². The van der Waals surface area contributed by atoms with Crippen LogP contribution in [0.2, 0.25) is 0 Å². The number of nitrogens with zero attached hydrogens (tertiary/aromatic N) is 1. The first-order valence-electron chi connectivity index (χ1n) is 7.21. The Bertz CT molecular complexity index is 346. The molecule has 0 saturated carbocycles. The first-order chi connectivity index (χ1) is 8.90. The van der Waals surface area contributed by atoms with Crippen molar-refractivity contribution in [1.82, 2.24) is 4.90 Å². The van der Waals surface area contributed by atoms with Gasteiger partial charge in [-0.3, -0.25) is 4.79 Å². The lowest BCUT2D eigenvalue weighted by Gasteiger charge is -2.37. The van der Waals surface area contributed by atoms with Gasteiger partial charge in [0.05, 0.1) is 6.04 Å². The van der Waals surface area contributed by atoms with Crippen LogP contribution in [0.25, 0.3) is 0 Å². The summed E-state index contributed by atoms with van der Waals surface area (Å²) < 4.78 is 0. The highest BCUT2D eigenvalue weighted by atomic mass is 16.4. The molecule has 1 amide bonds. The van der Waals surface area contributed by atoms with E-state index in [1.165, 1.54) is 4.90 Å². The van der Waals surface area contributed by atoms with E-state index in [1.807, 2.05) is 20.8 Å². The molecule has 1 aliphatic heterocycles. The molecular weight excluding hydrogens is 244 g/mol. The molecule has 1 fully saturated rings. The number of hydrogen-bond acceptors (Lipinski definition) is 3. The van der Waals surface area contributed by atoms with Gasteiger partial charge in [0.2, 0.25) is 5.91 Å². The van der Waals surface area contributed by atoms with Crippen LogP contribution in [0.4, 0.5) is 0 Å². The number of amides is 1. The highest BCUT2D eigenvalue weighted by Crippen LogP contribution is 2.35. The molecule has 1 rings (SSSR count). The van der Waals surface area contributed by atoms with Crippen molar-refractivity contribution in [3.8, 4) is 0 Å². The van der Waals surface area contributed by atoms with E-state index in [9.17, 15) is 14.7 Å². The summed E-state index contributed by atoms with van der Waals surface area (Å²) in [6.07, 6.45) is 3.34. The zero-order valence-corrected chi connectivity index (χ0v) is 12.2. The lowest BCUT2D eigenvalue weighted by molar-refractivity contribution is -0.158. The van der Waals surface area contributed by atoms with Gasteiger partial charge in [0.1, 0.15) is 5.54 Å². The Balaban J connectivity index is 2.96. The minimum Gasteiger partial charge on any atom is -0.479 e. The summed E-state index contributed by atoms with van der Waals surface area (Å²) in [5.41, 5.74) is 4.95. The molecule has 0 aromatic rings. The number of carbonyl (C=O) groups is 2. The Kier molecular flexibility index (Phi) is 5.35. The lowest BCUT2D eigenvalue weighted by Crippen LogP contribution is -2.58. The smallest absolute Gasteiger partial charge is 0.329 e. The van der Waals surface area contributed by atoms with Crippen LogP contribution < -0.4 is 5.73 Å². The van der Waals surface area contributed by atoms with Crippen LogP contribution in [0.3, 0.4) is 0 Å². The number of carboxylic acid groups (broad SMARTS) is 1. The van der Waals surface area contributed by atoms with Crippen molar-refractivity contribution in [2.45, 2.75) is 64.5 Å². The second kappa shape index (κ2) is 6.37. The SMILES string of the molecule is CCCC1(C(=O)O)CCCN1C(=O)C(N)C(C)CC. The Hall–Kier alpha value is -1.10. The Labute approximate surface area is 115 Å². The van der Waals surface area contributed by atoms with E-state index in [4.69, 9.17) is 5.73 Å². The Morgan fingerprint density at radius 1 is 1.42 bits per heavy atom. The quantitative estimate of drug-likeness (QED) is 0.768. The number of nitrogens with two attached hydrogens (primary N) is 1. The van der Waals surface area contributed by atoms with E-state index in [1.54, 1.807) is 0 Å². The summed E-state index contributed by atoms with van der Waals surface area (Å²) in [6.45, 7) is 6.37. The summed E-state index contributed by atoms with van der Waals surface area (Å²) in [5, 5.41) is 9.56. The van der Waals surface area contributed by atoms with Crippen LogP contribution in [0.5, 0.6) is 0 Å². The third kappa shape index (κ3) is 2.91. The van der Waals surface area contributed by atoms with Crippen molar-refractivity contribution in [2.24, 2.45) is 11.7 Å². The van der Waals surface area contributed by atoms with Crippen molar-refractivity contribution >= 4 is 11.9 Å². The summed E-state index contributed by atoms with van der Waals surface area (Å²) in [4.78, 5) is 25.7. The third-order valence-electron chi connectivity index (χ3n) is 4.36. The molecule has 0 spiro atoms. The van der Waals surface area contributed by atoms with Crippen LogP contribution in [-0.2, 0) is 9.59 Å². The van der Waals surface area contributed by atoms with E-state index >= 15 is 0 Å². The number of hydrogen-bond donors (Lipinski definition) is 2. The van der Waals surface area contributed by atoms with E-state index in [2.05, 4.69) is 0 Å². The van der Waals surface area contributed by atoms with Crippen LogP contribution in [0.1, 0.15) is 52.9 Å². The molecular formula is C14H26N2O3. The van der Waals surface area contributed by atoms with E-state index < -0.39 is 17.6 Å². The monoisotopic (exact) mass is 270 g/mol. The molecule has 3 unspecified atom stereocenters. The highest BCUT2D eigenvalue weighted by molar-refractivity contribution is 5.90. The number of carboxylic acids is 1.